The number of allylic oxidation sites excluding steroid dienone is 1. The Labute approximate surface area is 322 Å². The minimum Gasteiger partial charge on any atom is -0.455 e. The molecular weight excluding hydrogens is 744 g/mol. The van der Waals surface area contributed by atoms with E-state index in [2.05, 4.69) is 34.0 Å². The van der Waals surface area contributed by atoms with Gasteiger partial charge in [0, 0.05) is 64.2 Å². The molecule has 1 aromatic rings. The molecule has 5 rings (SSSR count). The van der Waals surface area contributed by atoms with Gasteiger partial charge in [-0.15, -0.1) is 13.2 Å². The Kier molecular flexibility index (Phi) is 14.7. The van der Waals surface area contributed by atoms with E-state index < -0.39 is 47.7 Å². The summed E-state index contributed by atoms with van der Waals surface area (Å²) >= 11 is 3.78. The number of halogens is 1. The molecule has 12 nitrogen and oxygen atoms in total. The zero-order valence-corrected chi connectivity index (χ0v) is 32.9. The number of aliphatic hydroxyl groups excluding tert-OH is 1. The molecule has 0 aliphatic carbocycles. The number of unbranched alkanes of at least 4 members (excludes halogenated alkanes) is 3. The molecule has 2 bridgehead atoms. The Bertz CT molecular complexity index is 1440. The molecule has 1 N–H and O–H groups in total. The summed E-state index contributed by atoms with van der Waals surface area (Å²) in [5.41, 5.74) is -0.507. The molecule has 1 aromatic carbocycles. The van der Waals surface area contributed by atoms with Crippen LogP contribution < -0.4 is 0 Å². The van der Waals surface area contributed by atoms with Crippen molar-refractivity contribution < 1.29 is 38.5 Å². The number of hydrogen-bond donors (Lipinski definition) is 1. The maximum atomic E-state index is 14.8. The van der Waals surface area contributed by atoms with E-state index >= 15 is 0 Å². The molecule has 1 spiro atoms. The average Bonchev–Trinajstić information content (AvgIpc) is 3.77. The fourth-order valence-electron chi connectivity index (χ4n) is 8.50. The van der Waals surface area contributed by atoms with Crippen molar-refractivity contribution in [2.75, 3.05) is 66.1 Å². The second-order valence-electron chi connectivity index (χ2n) is 14.7. The van der Waals surface area contributed by atoms with Gasteiger partial charge in [-0.25, -0.2) is 0 Å². The zero-order chi connectivity index (χ0) is 38.1. The molecule has 53 heavy (non-hydrogen) atoms. The van der Waals surface area contributed by atoms with Gasteiger partial charge in [0.1, 0.15) is 17.7 Å². The van der Waals surface area contributed by atoms with Crippen molar-refractivity contribution in [1.29, 1.82) is 0 Å². The second-order valence-corrected chi connectivity index (χ2v) is 15.9. The predicted octanol–water partition coefficient (Wildman–Crippen LogP) is 3.73. The molecule has 8 atom stereocenters. The van der Waals surface area contributed by atoms with Crippen molar-refractivity contribution in [3.63, 3.8) is 0 Å². The Morgan fingerprint density at radius 2 is 1.81 bits per heavy atom. The molecular formula is C40H57BrN4O8. The normalized spacial score (nSPS) is 27.6. The summed E-state index contributed by atoms with van der Waals surface area (Å²) in [4.78, 5) is 64.2. The summed E-state index contributed by atoms with van der Waals surface area (Å²) in [6.07, 6.45) is 5.99. The van der Waals surface area contributed by atoms with Gasteiger partial charge >= 0.3 is 5.97 Å². The minimum atomic E-state index is -1.23. The lowest BCUT2D eigenvalue weighted by Gasteiger charge is -2.38. The minimum absolute atomic E-state index is 0.0988. The van der Waals surface area contributed by atoms with E-state index in [4.69, 9.17) is 14.2 Å². The third-order valence-corrected chi connectivity index (χ3v) is 12.3. The smallest absolute Gasteiger partial charge is 0.313 e. The number of rotatable bonds is 20. The average molecular weight is 802 g/mol. The zero-order valence-electron chi connectivity index (χ0n) is 31.3. The highest BCUT2D eigenvalue weighted by Crippen LogP contribution is 2.60. The van der Waals surface area contributed by atoms with Crippen molar-refractivity contribution >= 4 is 39.6 Å². The highest BCUT2D eigenvalue weighted by Gasteiger charge is 2.77. The fourth-order valence-corrected chi connectivity index (χ4v) is 9.44. The molecule has 292 valence electrons. The number of ether oxygens (including phenoxy) is 3. The van der Waals surface area contributed by atoms with Crippen molar-refractivity contribution in [2.24, 2.45) is 11.8 Å². The van der Waals surface area contributed by atoms with Crippen molar-refractivity contribution in [2.45, 2.75) is 86.6 Å². The van der Waals surface area contributed by atoms with Gasteiger partial charge in [-0.3, -0.25) is 24.1 Å². The topological polar surface area (TPSA) is 129 Å². The third kappa shape index (κ3) is 8.91. The Morgan fingerprint density at radius 3 is 2.49 bits per heavy atom. The number of nitrogens with zero attached hydrogens (tertiary/aromatic N) is 4. The van der Waals surface area contributed by atoms with Crippen LogP contribution in [0.4, 0.5) is 0 Å². The number of aliphatic hydroxyl groups is 1. The van der Waals surface area contributed by atoms with E-state index in [0.29, 0.717) is 65.1 Å². The van der Waals surface area contributed by atoms with E-state index in [1.165, 1.54) is 0 Å². The number of fused-ring (bicyclic) bond motifs is 1. The van der Waals surface area contributed by atoms with Crippen molar-refractivity contribution in [3.8, 4) is 0 Å². The fraction of sp³-hybridized carbons (Fsp3) is 0.650. The lowest BCUT2D eigenvalue weighted by molar-refractivity contribution is -0.164. The van der Waals surface area contributed by atoms with Crippen LogP contribution in [0.15, 0.2) is 55.6 Å². The second kappa shape index (κ2) is 19.0. The number of carbonyl (C=O) groups excluding carboxylic acids is 4. The summed E-state index contributed by atoms with van der Waals surface area (Å²) < 4.78 is 18.7. The molecule has 4 fully saturated rings. The molecule has 0 saturated carbocycles. The Balaban J connectivity index is 1.44. The number of likely N-dealkylation sites (tertiary alicyclic amines) is 1. The maximum Gasteiger partial charge on any atom is 0.313 e. The molecule has 0 radical (unpaired) electrons. The summed E-state index contributed by atoms with van der Waals surface area (Å²) in [5.74, 6) is -3.05. The molecule has 1 unspecified atom stereocenters. The molecule has 4 saturated heterocycles. The Morgan fingerprint density at radius 1 is 1.09 bits per heavy atom. The lowest BCUT2D eigenvalue weighted by Crippen LogP contribution is -2.57. The van der Waals surface area contributed by atoms with Crippen LogP contribution in [0.1, 0.15) is 63.5 Å². The number of carbonyl (C=O) groups is 4. The number of morpholine rings is 1. The van der Waals surface area contributed by atoms with E-state index in [1.54, 1.807) is 33.9 Å². The monoisotopic (exact) mass is 800 g/mol. The van der Waals surface area contributed by atoms with Gasteiger partial charge < -0.3 is 34.0 Å². The highest BCUT2D eigenvalue weighted by molar-refractivity contribution is 9.09. The molecule has 3 amide bonds. The summed E-state index contributed by atoms with van der Waals surface area (Å²) in [6.45, 7) is 14.2. The number of hydrogen-bond acceptors (Lipinski definition) is 9. The van der Waals surface area contributed by atoms with Gasteiger partial charge in [0.05, 0.1) is 37.2 Å². The maximum absolute atomic E-state index is 14.8. The van der Waals surface area contributed by atoms with Gasteiger partial charge in [-0.1, -0.05) is 71.3 Å². The summed E-state index contributed by atoms with van der Waals surface area (Å²) in [6, 6.07) is 7.87. The number of alkyl halides is 1. The van der Waals surface area contributed by atoms with Crippen LogP contribution in [-0.4, -0.2) is 143 Å². The van der Waals surface area contributed by atoms with E-state index in [-0.39, 0.29) is 35.6 Å². The molecule has 4 heterocycles. The van der Waals surface area contributed by atoms with Gasteiger partial charge in [-0.2, -0.15) is 0 Å². The van der Waals surface area contributed by atoms with Crippen LogP contribution in [0.25, 0.3) is 0 Å². The SMILES string of the molecule is C=CCCC(=O)N(C)[C@H](C)[C@H](OC(=O)[C@H]1[C@@H]2O[C@@]3(CC2Br)[C@@H]1C(=O)N(CCCCCCO)[C@@H]3C(=O)N(CC=C)CCN1CCOCC1)c1ccccc1. The van der Waals surface area contributed by atoms with Crippen LogP contribution in [0.3, 0.4) is 0 Å². The molecule has 4 aliphatic rings. The quantitative estimate of drug-likeness (QED) is 0.0909. The number of amides is 3. The van der Waals surface area contributed by atoms with E-state index in [0.717, 1.165) is 31.5 Å². The summed E-state index contributed by atoms with van der Waals surface area (Å²) in [7, 11) is 1.70. The third-order valence-electron chi connectivity index (χ3n) is 11.4. The van der Waals surface area contributed by atoms with Crippen molar-refractivity contribution in [3.05, 3.63) is 61.2 Å². The molecule has 4 aliphatic heterocycles. The van der Waals surface area contributed by atoms with Crippen LogP contribution >= 0.6 is 15.9 Å². The van der Waals surface area contributed by atoms with Gasteiger partial charge in [0.15, 0.2) is 0 Å². The number of likely N-dealkylation sites (N-methyl/N-ethyl adjacent to an activating group) is 1. The first-order chi connectivity index (χ1) is 25.6. The molecule has 13 heteroatoms. The first-order valence-electron chi connectivity index (χ1n) is 19.1. The predicted molar refractivity (Wildman–Crippen MR) is 204 cm³/mol. The van der Waals surface area contributed by atoms with Crippen LogP contribution in [0.5, 0.6) is 0 Å². The van der Waals surface area contributed by atoms with E-state index in [9.17, 15) is 24.3 Å². The summed E-state index contributed by atoms with van der Waals surface area (Å²) in [5, 5.41) is 9.32. The van der Waals surface area contributed by atoms with Gasteiger partial charge in [0.25, 0.3) is 0 Å². The van der Waals surface area contributed by atoms with Crippen LogP contribution in [-0.2, 0) is 33.4 Å². The number of esters is 1. The van der Waals surface area contributed by atoms with Crippen LogP contribution in [0, 0.1) is 11.8 Å². The lowest BCUT2D eigenvalue weighted by atomic mass is 9.70. The molecule has 0 aromatic heterocycles. The van der Waals surface area contributed by atoms with Crippen molar-refractivity contribution in [1.82, 2.24) is 19.6 Å². The van der Waals surface area contributed by atoms with E-state index in [1.807, 2.05) is 37.3 Å². The van der Waals surface area contributed by atoms with Crippen LogP contribution in [0.2, 0.25) is 0 Å². The Hall–Kier alpha value is -3.10. The largest absolute Gasteiger partial charge is 0.455 e. The van der Waals surface area contributed by atoms with Gasteiger partial charge in [0.2, 0.25) is 17.7 Å². The number of benzene rings is 1. The first-order valence-corrected chi connectivity index (χ1v) is 20.1. The van der Waals surface area contributed by atoms with Gasteiger partial charge in [-0.05, 0) is 38.2 Å². The first kappa shape index (κ1) is 41.1. The highest BCUT2D eigenvalue weighted by atomic mass is 79.9. The standard InChI is InChI=1S/C40H57BrN4O8/c1-5-7-17-31(47)42(4)28(3)34(29-15-11-10-12-16-29)52-39(50)32-33-37(48)45(19-13-8-9-14-24-46)36(40(33)27-30(41)35(32)53-40)38(49)44(18-6-2)21-20-43-22-25-51-26-23-43/h5-6,10-12,15-16,28,30,32-36,46H,1-2,7-9,13-14,17-27H2,3-4H3/t28-,30?,32-,33+,34+,35-,36-,40+/m1/s1.